The largest absolute Gasteiger partial charge is 0.507 e. The van der Waals surface area contributed by atoms with Crippen molar-refractivity contribution in [3.63, 3.8) is 0 Å². The van der Waals surface area contributed by atoms with E-state index in [4.69, 9.17) is 11.6 Å². The van der Waals surface area contributed by atoms with Crippen molar-refractivity contribution in [3.05, 3.63) is 62.9 Å². The summed E-state index contributed by atoms with van der Waals surface area (Å²) in [4.78, 5) is 14.8. The van der Waals surface area contributed by atoms with Gasteiger partial charge in [0.15, 0.2) is 0 Å². The van der Waals surface area contributed by atoms with Gasteiger partial charge in [-0.3, -0.25) is 4.79 Å². The molecule has 1 aromatic heterocycles. The van der Waals surface area contributed by atoms with E-state index in [1.165, 1.54) is 24.3 Å². The molecule has 0 saturated heterocycles. The van der Waals surface area contributed by atoms with Gasteiger partial charge in [-0.15, -0.1) is 0 Å². The maximum atomic E-state index is 13.0. The first-order valence-corrected chi connectivity index (χ1v) is 7.96. The van der Waals surface area contributed by atoms with Crippen LogP contribution in [0.5, 0.6) is 5.75 Å². The average Bonchev–Trinajstić information content (AvgIpc) is 2.57. The second-order valence-corrected chi connectivity index (χ2v) is 6.14. The van der Waals surface area contributed by atoms with Crippen LogP contribution in [0.3, 0.4) is 0 Å². The van der Waals surface area contributed by atoms with Crippen molar-refractivity contribution in [3.8, 4) is 16.9 Å². The standard InChI is InChI=1S/C18H13ClF3NO3/c19-10-2-4-15(25)13(8-10)16-11-3-1-9(18(20,21)22)7-14(11)23-17(26)12(16)5-6-24/h1-4,7-8,24-25H,5-6H2,(H,23,26). The summed E-state index contributed by atoms with van der Waals surface area (Å²) in [6.07, 6.45) is -4.60. The summed E-state index contributed by atoms with van der Waals surface area (Å²) in [5.41, 5.74) is -0.973. The number of benzene rings is 2. The molecule has 0 fully saturated rings. The van der Waals surface area contributed by atoms with Crippen molar-refractivity contribution >= 4 is 22.5 Å². The van der Waals surface area contributed by atoms with Crippen LogP contribution < -0.4 is 5.56 Å². The number of nitrogens with one attached hydrogen (secondary N) is 1. The highest BCUT2D eigenvalue weighted by Gasteiger charge is 2.31. The topological polar surface area (TPSA) is 73.3 Å². The lowest BCUT2D eigenvalue weighted by Crippen LogP contribution is -2.16. The van der Waals surface area contributed by atoms with Gasteiger partial charge < -0.3 is 15.2 Å². The number of rotatable bonds is 3. The van der Waals surface area contributed by atoms with Crippen LogP contribution in [-0.4, -0.2) is 21.8 Å². The molecule has 8 heteroatoms. The van der Waals surface area contributed by atoms with Crippen LogP contribution >= 0.6 is 11.6 Å². The first kappa shape index (κ1) is 18.3. The molecule has 4 nitrogen and oxygen atoms in total. The average molecular weight is 384 g/mol. The summed E-state index contributed by atoms with van der Waals surface area (Å²) in [6, 6.07) is 7.16. The van der Waals surface area contributed by atoms with E-state index in [2.05, 4.69) is 4.98 Å². The predicted octanol–water partition coefficient (Wildman–Crippen LogP) is 4.11. The number of alkyl halides is 3. The fourth-order valence-electron chi connectivity index (χ4n) is 2.88. The van der Waals surface area contributed by atoms with Gasteiger partial charge in [-0.05, 0) is 30.3 Å². The maximum Gasteiger partial charge on any atom is 0.416 e. The van der Waals surface area contributed by atoms with E-state index in [0.717, 1.165) is 12.1 Å². The number of pyridine rings is 1. The van der Waals surface area contributed by atoms with Gasteiger partial charge in [0.2, 0.25) is 0 Å². The normalized spacial score (nSPS) is 11.9. The molecule has 0 atom stereocenters. The molecule has 3 aromatic rings. The van der Waals surface area contributed by atoms with Crippen molar-refractivity contribution in [1.82, 2.24) is 4.98 Å². The number of hydrogen-bond donors (Lipinski definition) is 3. The number of H-pyrrole nitrogens is 1. The Hall–Kier alpha value is -2.51. The molecule has 0 unspecified atom stereocenters. The third kappa shape index (κ3) is 3.27. The van der Waals surface area contributed by atoms with Crippen molar-refractivity contribution in [2.45, 2.75) is 12.6 Å². The third-order valence-corrected chi connectivity index (χ3v) is 4.27. The monoisotopic (exact) mass is 383 g/mol. The minimum absolute atomic E-state index is 0.0270. The fraction of sp³-hybridized carbons (Fsp3) is 0.167. The molecule has 26 heavy (non-hydrogen) atoms. The van der Waals surface area contributed by atoms with Crippen molar-refractivity contribution < 1.29 is 23.4 Å². The van der Waals surface area contributed by atoms with Crippen LogP contribution in [0.1, 0.15) is 11.1 Å². The number of phenolic OH excluding ortho intramolecular Hbond substituents is 1. The van der Waals surface area contributed by atoms with E-state index in [-0.39, 0.29) is 46.0 Å². The number of aromatic nitrogens is 1. The second kappa shape index (κ2) is 6.66. The van der Waals surface area contributed by atoms with Crippen LogP contribution in [0.4, 0.5) is 13.2 Å². The van der Waals surface area contributed by atoms with Gasteiger partial charge >= 0.3 is 6.18 Å². The molecular weight excluding hydrogens is 371 g/mol. The molecule has 1 heterocycles. The number of aliphatic hydroxyl groups is 1. The first-order valence-electron chi connectivity index (χ1n) is 7.58. The zero-order chi connectivity index (χ0) is 19.1. The molecule has 3 N–H and O–H groups in total. The van der Waals surface area contributed by atoms with E-state index >= 15 is 0 Å². The lowest BCUT2D eigenvalue weighted by atomic mass is 9.93. The van der Waals surface area contributed by atoms with Crippen LogP contribution in [0, 0.1) is 0 Å². The van der Waals surface area contributed by atoms with Gasteiger partial charge in [0.05, 0.1) is 5.56 Å². The Morgan fingerprint density at radius 1 is 1.12 bits per heavy atom. The Balaban J connectivity index is 2.42. The number of aliphatic hydroxyl groups excluding tert-OH is 1. The summed E-state index contributed by atoms with van der Waals surface area (Å²) in [5.74, 6) is -0.180. The SMILES string of the molecule is O=c1[nH]c2cc(C(F)(F)F)ccc2c(-c2cc(Cl)ccc2O)c1CCO. The summed E-state index contributed by atoms with van der Waals surface area (Å²) < 4.78 is 38.9. The number of fused-ring (bicyclic) bond motifs is 1. The Morgan fingerprint density at radius 3 is 2.50 bits per heavy atom. The molecule has 0 bridgehead atoms. The molecule has 2 aromatic carbocycles. The van der Waals surface area contributed by atoms with Gasteiger partial charge in [0.1, 0.15) is 5.75 Å². The van der Waals surface area contributed by atoms with Crippen LogP contribution in [-0.2, 0) is 12.6 Å². The third-order valence-electron chi connectivity index (χ3n) is 4.03. The highest BCUT2D eigenvalue weighted by atomic mass is 35.5. The van der Waals surface area contributed by atoms with E-state index < -0.39 is 17.3 Å². The summed E-state index contributed by atoms with van der Waals surface area (Å²) in [7, 11) is 0. The van der Waals surface area contributed by atoms with E-state index in [1.54, 1.807) is 0 Å². The zero-order valence-electron chi connectivity index (χ0n) is 13.2. The van der Waals surface area contributed by atoms with E-state index in [0.29, 0.717) is 5.39 Å². The van der Waals surface area contributed by atoms with Crippen LogP contribution in [0.25, 0.3) is 22.0 Å². The molecule has 0 aliphatic rings. The molecule has 0 saturated carbocycles. The Bertz CT molecular complexity index is 1040. The highest BCUT2D eigenvalue weighted by Crippen LogP contribution is 2.39. The first-order chi connectivity index (χ1) is 12.2. The number of halogens is 4. The summed E-state index contributed by atoms with van der Waals surface area (Å²) in [5, 5.41) is 20.1. The van der Waals surface area contributed by atoms with E-state index in [9.17, 15) is 28.2 Å². The summed E-state index contributed by atoms with van der Waals surface area (Å²) >= 11 is 5.98. The zero-order valence-corrected chi connectivity index (χ0v) is 13.9. The molecule has 3 rings (SSSR count). The van der Waals surface area contributed by atoms with Gasteiger partial charge in [-0.2, -0.15) is 13.2 Å². The number of aromatic hydroxyl groups is 1. The van der Waals surface area contributed by atoms with Gasteiger partial charge in [-0.1, -0.05) is 17.7 Å². The van der Waals surface area contributed by atoms with Gasteiger partial charge in [0, 0.05) is 45.6 Å². The van der Waals surface area contributed by atoms with Gasteiger partial charge in [0.25, 0.3) is 5.56 Å². The minimum Gasteiger partial charge on any atom is -0.507 e. The minimum atomic E-state index is -4.56. The van der Waals surface area contributed by atoms with Crippen molar-refractivity contribution in [1.29, 1.82) is 0 Å². The number of aromatic amines is 1. The maximum absolute atomic E-state index is 13.0. The Morgan fingerprint density at radius 2 is 1.85 bits per heavy atom. The number of phenols is 1. The molecule has 0 aliphatic heterocycles. The Labute approximate surface area is 150 Å². The van der Waals surface area contributed by atoms with E-state index in [1.807, 2.05) is 0 Å². The molecule has 0 spiro atoms. The molecule has 0 aliphatic carbocycles. The highest BCUT2D eigenvalue weighted by molar-refractivity contribution is 6.31. The van der Waals surface area contributed by atoms with Crippen molar-refractivity contribution in [2.24, 2.45) is 0 Å². The van der Waals surface area contributed by atoms with Crippen molar-refractivity contribution in [2.75, 3.05) is 6.61 Å². The van der Waals surface area contributed by atoms with Crippen LogP contribution in [0.2, 0.25) is 5.02 Å². The molecule has 0 amide bonds. The smallest absolute Gasteiger partial charge is 0.416 e. The quantitative estimate of drug-likeness (QED) is 0.637. The molecule has 136 valence electrons. The Kier molecular flexibility index (Phi) is 4.68. The van der Waals surface area contributed by atoms with Gasteiger partial charge in [-0.25, -0.2) is 0 Å². The molecule has 0 radical (unpaired) electrons. The summed E-state index contributed by atoms with van der Waals surface area (Å²) in [6.45, 7) is -0.344. The number of hydrogen-bond acceptors (Lipinski definition) is 3. The second-order valence-electron chi connectivity index (χ2n) is 5.70. The molecular formula is C18H13ClF3NO3. The predicted molar refractivity (Wildman–Crippen MR) is 92.5 cm³/mol. The van der Waals surface area contributed by atoms with Crippen LogP contribution in [0.15, 0.2) is 41.2 Å². The fourth-order valence-corrected chi connectivity index (χ4v) is 3.05. The lowest BCUT2D eigenvalue weighted by molar-refractivity contribution is -0.137. The lowest BCUT2D eigenvalue weighted by Gasteiger charge is -2.15.